The minimum absolute atomic E-state index is 0.346. The number of anilines is 2. The van der Waals surface area contributed by atoms with Gasteiger partial charge in [-0.2, -0.15) is 5.10 Å². The van der Waals surface area contributed by atoms with Gasteiger partial charge in [-0.1, -0.05) is 24.6 Å². The van der Waals surface area contributed by atoms with Crippen molar-refractivity contribution in [1.82, 2.24) is 9.78 Å². The molecule has 0 saturated heterocycles. The first kappa shape index (κ1) is 22.7. The van der Waals surface area contributed by atoms with Crippen LogP contribution in [0.1, 0.15) is 39.7 Å². The van der Waals surface area contributed by atoms with Crippen molar-refractivity contribution in [1.29, 1.82) is 0 Å². The van der Waals surface area contributed by atoms with Crippen LogP contribution in [0.15, 0.2) is 30.6 Å². The summed E-state index contributed by atoms with van der Waals surface area (Å²) in [7, 11) is 1.39. The van der Waals surface area contributed by atoms with Crippen LogP contribution < -0.4 is 10.6 Å². The zero-order chi connectivity index (χ0) is 22.8. The van der Waals surface area contributed by atoms with Gasteiger partial charge in [0.15, 0.2) is 5.11 Å². The van der Waals surface area contributed by atoms with Gasteiger partial charge >= 0.3 is 5.97 Å². The number of ether oxygens (including phenoxy) is 1. The van der Waals surface area contributed by atoms with Crippen molar-refractivity contribution in [2.75, 3.05) is 17.7 Å². The number of thiocarbonyl (C=S) groups is 1. The van der Waals surface area contributed by atoms with Crippen LogP contribution in [0.3, 0.4) is 0 Å². The van der Waals surface area contributed by atoms with E-state index in [9.17, 15) is 9.18 Å². The third-order valence-corrected chi connectivity index (χ3v) is 7.09. The van der Waals surface area contributed by atoms with Crippen LogP contribution in [0, 0.1) is 11.7 Å². The molecule has 32 heavy (non-hydrogen) atoms. The standard InChI is InChI=1S/C22H22ClFN4O2S2/c1-12-3-6-16-18(7-12)32-20(19(16)21(29)30-2)27-22(31)26-15-9-25-28(11-15)10-13-4-5-14(24)8-17(13)23/h4-5,8-9,11-12H,3,6-7,10H2,1-2H3,(H2,26,27,31). The van der Waals surface area contributed by atoms with E-state index in [-0.39, 0.29) is 11.8 Å². The van der Waals surface area contributed by atoms with Gasteiger partial charge in [0.1, 0.15) is 10.8 Å². The molecule has 2 aromatic heterocycles. The minimum atomic E-state index is -0.381. The number of aromatic nitrogens is 2. The second-order valence-electron chi connectivity index (χ2n) is 7.79. The number of nitrogens with zero attached hydrogens (tertiary/aromatic N) is 2. The first-order valence-corrected chi connectivity index (χ1v) is 11.7. The summed E-state index contributed by atoms with van der Waals surface area (Å²) in [5, 5.41) is 11.9. The molecule has 1 aliphatic carbocycles. The van der Waals surface area contributed by atoms with Crippen LogP contribution in [0.4, 0.5) is 15.1 Å². The van der Waals surface area contributed by atoms with E-state index in [1.807, 2.05) is 0 Å². The summed E-state index contributed by atoms with van der Waals surface area (Å²) >= 11 is 13.1. The van der Waals surface area contributed by atoms with Crippen LogP contribution in [0.2, 0.25) is 5.02 Å². The topological polar surface area (TPSA) is 68.2 Å². The summed E-state index contributed by atoms with van der Waals surface area (Å²) in [6.07, 6.45) is 6.26. The molecule has 0 fully saturated rings. The Morgan fingerprint density at radius 3 is 3.00 bits per heavy atom. The lowest BCUT2D eigenvalue weighted by Gasteiger charge is -2.18. The largest absolute Gasteiger partial charge is 0.465 e. The van der Waals surface area contributed by atoms with Gasteiger partial charge in [-0.3, -0.25) is 4.68 Å². The van der Waals surface area contributed by atoms with Gasteiger partial charge in [0.05, 0.1) is 31.1 Å². The molecule has 0 amide bonds. The number of rotatable bonds is 5. The average Bonchev–Trinajstić information content (AvgIpc) is 3.32. The molecule has 0 radical (unpaired) electrons. The van der Waals surface area contributed by atoms with E-state index in [1.165, 1.54) is 24.1 Å². The van der Waals surface area contributed by atoms with Crippen LogP contribution in [-0.2, 0) is 24.1 Å². The summed E-state index contributed by atoms with van der Waals surface area (Å²) < 4.78 is 19.9. The SMILES string of the molecule is COC(=O)c1c(NC(=S)Nc2cnn(Cc3ccc(F)cc3Cl)c2)sc2c1CCC(C)C2. The molecule has 3 aromatic rings. The third kappa shape index (κ3) is 4.95. The molecule has 1 atom stereocenters. The number of hydrogen-bond acceptors (Lipinski definition) is 5. The number of thiophene rings is 1. The summed E-state index contributed by atoms with van der Waals surface area (Å²) in [5.74, 6) is -0.148. The number of carbonyl (C=O) groups is 1. The quantitative estimate of drug-likeness (QED) is 0.362. The Bertz CT molecular complexity index is 1180. The summed E-state index contributed by atoms with van der Waals surface area (Å²) in [4.78, 5) is 13.7. The zero-order valence-corrected chi connectivity index (χ0v) is 20.0. The number of methoxy groups -OCH3 is 1. The van der Waals surface area contributed by atoms with Gasteiger partial charge in [0.2, 0.25) is 0 Å². The molecule has 1 aromatic carbocycles. The van der Waals surface area contributed by atoms with E-state index in [1.54, 1.807) is 34.5 Å². The van der Waals surface area contributed by atoms with E-state index in [4.69, 9.17) is 28.6 Å². The fourth-order valence-electron chi connectivity index (χ4n) is 3.76. The van der Waals surface area contributed by atoms with E-state index < -0.39 is 0 Å². The Morgan fingerprint density at radius 2 is 2.25 bits per heavy atom. The van der Waals surface area contributed by atoms with E-state index >= 15 is 0 Å². The molecule has 2 heterocycles. The average molecular weight is 493 g/mol. The maximum absolute atomic E-state index is 13.2. The van der Waals surface area contributed by atoms with Gasteiger partial charge in [0, 0.05) is 16.1 Å². The number of benzene rings is 1. The first-order valence-electron chi connectivity index (χ1n) is 10.1. The lowest BCUT2D eigenvalue weighted by Crippen LogP contribution is -2.20. The summed E-state index contributed by atoms with van der Waals surface area (Å²) in [6.45, 7) is 2.61. The Kier molecular flexibility index (Phi) is 6.78. The number of fused-ring (bicyclic) bond motifs is 1. The first-order chi connectivity index (χ1) is 15.3. The molecule has 1 unspecified atom stereocenters. The maximum Gasteiger partial charge on any atom is 0.341 e. The Morgan fingerprint density at radius 1 is 1.44 bits per heavy atom. The predicted octanol–water partition coefficient (Wildman–Crippen LogP) is 5.51. The number of halogens is 2. The molecule has 6 nitrogen and oxygen atoms in total. The van der Waals surface area contributed by atoms with E-state index in [2.05, 4.69) is 22.7 Å². The number of esters is 1. The molecule has 1 aliphatic rings. The third-order valence-electron chi connectivity index (χ3n) is 5.37. The predicted molar refractivity (Wildman–Crippen MR) is 129 cm³/mol. The summed E-state index contributed by atoms with van der Waals surface area (Å²) in [5.41, 5.74) is 3.07. The van der Waals surface area contributed by atoms with Crippen molar-refractivity contribution >= 4 is 56.9 Å². The van der Waals surface area contributed by atoms with Crippen LogP contribution in [0.25, 0.3) is 0 Å². The van der Waals surface area contributed by atoms with Crippen LogP contribution in [0.5, 0.6) is 0 Å². The molecule has 4 rings (SSSR count). The molecule has 0 spiro atoms. The fraction of sp³-hybridized carbons (Fsp3) is 0.318. The highest BCUT2D eigenvalue weighted by atomic mass is 35.5. The highest BCUT2D eigenvalue weighted by Gasteiger charge is 2.28. The molecule has 2 N–H and O–H groups in total. The molecule has 0 aliphatic heterocycles. The van der Waals surface area contributed by atoms with Gasteiger partial charge in [0.25, 0.3) is 0 Å². The molecule has 0 bridgehead atoms. The van der Waals surface area contributed by atoms with Gasteiger partial charge in [-0.05, 0) is 60.7 Å². The zero-order valence-electron chi connectivity index (χ0n) is 17.6. The van der Waals surface area contributed by atoms with Gasteiger partial charge < -0.3 is 15.4 Å². The lowest BCUT2D eigenvalue weighted by atomic mass is 9.88. The Labute approximate surface area is 199 Å². The van der Waals surface area contributed by atoms with Gasteiger partial charge in [-0.15, -0.1) is 11.3 Å². The van der Waals surface area contributed by atoms with E-state index in [0.717, 1.165) is 30.4 Å². The lowest BCUT2D eigenvalue weighted by molar-refractivity contribution is 0.0601. The van der Waals surface area contributed by atoms with Crippen molar-refractivity contribution in [2.24, 2.45) is 5.92 Å². The van der Waals surface area contributed by atoms with Gasteiger partial charge in [-0.25, -0.2) is 9.18 Å². The van der Waals surface area contributed by atoms with Crippen molar-refractivity contribution in [3.05, 3.63) is 63.0 Å². The second kappa shape index (κ2) is 9.56. The molecule has 0 saturated carbocycles. The van der Waals surface area contributed by atoms with E-state index in [0.29, 0.717) is 38.8 Å². The highest BCUT2D eigenvalue weighted by Crippen LogP contribution is 2.40. The highest BCUT2D eigenvalue weighted by molar-refractivity contribution is 7.80. The van der Waals surface area contributed by atoms with Crippen molar-refractivity contribution in [3.8, 4) is 0 Å². The second-order valence-corrected chi connectivity index (χ2v) is 9.71. The molecular formula is C22H22ClFN4O2S2. The molecular weight excluding hydrogens is 471 g/mol. The fourth-order valence-corrected chi connectivity index (χ4v) is 5.68. The monoisotopic (exact) mass is 492 g/mol. The Hall–Kier alpha value is -2.49. The number of nitrogens with one attached hydrogen (secondary N) is 2. The molecule has 10 heteroatoms. The van der Waals surface area contributed by atoms with Crippen molar-refractivity contribution in [2.45, 2.75) is 32.7 Å². The smallest absolute Gasteiger partial charge is 0.341 e. The molecule has 168 valence electrons. The van der Waals surface area contributed by atoms with Crippen LogP contribution >= 0.6 is 35.2 Å². The normalized spacial score (nSPS) is 15.2. The maximum atomic E-state index is 13.2. The van der Waals surface area contributed by atoms with Crippen LogP contribution in [-0.4, -0.2) is 28.0 Å². The van der Waals surface area contributed by atoms with Crippen molar-refractivity contribution in [3.63, 3.8) is 0 Å². The summed E-state index contributed by atoms with van der Waals surface area (Å²) in [6, 6.07) is 4.27. The number of carbonyl (C=O) groups excluding carboxylic acids is 1. The minimum Gasteiger partial charge on any atom is -0.465 e. The Balaban J connectivity index is 1.46. The van der Waals surface area contributed by atoms with Crippen molar-refractivity contribution < 1.29 is 13.9 Å². The number of hydrogen-bond donors (Lipinski definition) is 2.